The molecule has 0 saturated heterocycles. The van der Waals surface area contributed by atoms with Crippen LogP contribution in [0.4, 0.5) is 0 Å². The van der Waals surface area contributed by atoms with Crippen molar-refractivity contribution < 1.29 is 4.85 Å². The lowest BCUT2D eigenvalue weighted by atomic mass is 10.3. The molecule has 0 aliphatic carbocycles. The van der Waals surface area contributed by atoms with Gasteiger partial charge >= 0.3 is 0 Å². The van der Waals surface area contributed by atoms with Crippen LogP contribution in [-0.2, 0) is 0 Å². The SMILES string of the molecule is [O-][n+]1cc2cnncc2cn1. The van der Waals surface area contributed by atoms with Gasteiger partial charge in [-0.25, -0.2) is 0 Å². The maximum absolute atomic E-state index is 10.6. The summed E-state index contributed by atoms with van der Waals surface area (Å²) in [6, 6.07) is 0. The van der Waals surface area contributed by atoms with Gasteiger partial charge in [0.15, 0.2) is 0 Å². The maximum Gasteiger partial charge on any atom is 0.219 e. The van der Waals surface area contributed by atoms with E-state index in [1.165, 1.54) is 18.6 Å². The summed E-state index contributed by atoms with van der Waals surface area (Å²) in [5.41, 5.74) is 0. The third kappa shape index (κ3) is 0.958. The van der Waals surface area contributed by atoms with Crippen molar-refractivity contribution in [1.29, 1.82) is 0 Å². The van der Waals surface area contributed by atoms with E-state index in [1.807, 2.05) is 0 Å². The third-order valence-corrected chi connectivity index (χ3v) is 1.35. The number of hydrogen-bond acceptors (Lipinski definition) is 4. The molecule has 11 heavy (non-hydrogen) atoms. The molecule has 0 aliphatic rings. The Hall–Kier alpha value is -1.78. The zero-order chi connectivity index (χ0) is 7.68. The van der Waals surface area contributed by atoms with Gasteiger partial charge in [0.25, 0.3) is 0 Å². The summed E-state index contributed by atoms with van der Waals surface area (Å²) in [6.45, 7) is 0. The normalized spacial score (nSPS) is 10.2. The second-order valence-electron chi connectivity index (χ2n) is 2.08. The summed E-state index contributed by atoms with van der Waals surface area (Å²) in [5.74, 6) is 0. The summed E-state index contributed by atoms with van der Waals surface area (Å²) in [7, 11) is 0. The van der Waals surface area contributed by atoms with Gasteiger partial charge in [-0.3, -0.25) is 0 Å². The van der Waals surface area contributed by atoms with E-state index < -0.39 is 0 Å². The fourth-order valence-electron chi connectivity index (χ4n) is 0.827. The van der Waals surface area contributed by atoms with E-state index >= 15 is 0 Å². The molecule has 0 radical (unpaired) electrons. The molecule has 0 unspecified atom stereocenters. The predicted molar refractivity (Wildman–Crippen MR) is 36.3 cm³/mol. The van der Waals surface area contributed by atoms with Gasteiger partial charge in [-0.2, -0.15) is 10.2 Å². The molecule has 2 heterocycles. The van der Waals surface area contributed by atoms with Crippen molar-refractivity contribution in [1.82, 2.24) is 15.3 Å². The molecule has 54 valence electrons. The Labute approximate surface area is 61.9 Å². The summed E-state index contributed by atoms with van der Waals surface area (Å²) < 4.78 is 0. The van der Waals surface area contributed by atoms with Gasteiger partial charge in [0.1, 0.15) is 6.20 Å². The zero-order valence-electron chi connectivity index (χ0n) is 5.51. The Morgan fingerprint density at radius 1 is 1.09 bits per heavy atom. The van der Waals surface area contributed by atoms with Gasteiger partial charge in [-0.05, 0) is 0 Å². The fourth-order valence-corrected chi connectivity index (χ4v) is 0.827. The van der Waals surface area contributed by atoms with Gasteiger partial charge in [-0.15, -0.1) is 0 Å². The molecular weight excluding hydrogens is 144 g/mol. The summed E-state index contributed by atoms with van der Waals surface area (Å²) in [5, 5.41) is 23.0. The minimum absolute atomic E-state index is 0.490. The number of rotatable bonds is 0. The van der Waals surface area contributed by atoms with E-state index in [0.29, 0.717) is 4.85 Å². The van der Waals surface area contributed by atoms with Crippen LogP contribution in [0.2, 0.25) is 0 Å². The highest BCUT2D eigenvalue weighted by molar-refractivity contribution is 5.77. The van der Waals surface area contributed by atoms with E-state index in [1.54, 1.807) is 6.20 Å². The molecule has 0 fully saturated rings. The monoisotopic (exact) mass is 148 g/mol. The highest BCUT2D eigenvalue weighted by Gasteiger charge is 1.97. The van der Waals surface area contributed by atoms with Crippen molar-refractivity contribution in [2.45, 2.75) is 0 Å². The van der Waals surface area contributed by atoms with E-state index in [-0.39, 0.29) is 0 Å². The molecule has 5 nitrogen and oxygen atoms in total. The van der Waals surface area contributed by atoms with Crippen LogP contribution in [0.25, 0.3) is 10.8 Å². The molecule has 2 aromatic rings. The first kappa shape index (κ1) is 5.96. The Morgan fingerprint density at radius 2 is 1.82 bits per heavy atom. The first-order chi connectivity index (χ1) is 5.36. The van der Waals surface area contributed by atoms with Crippen LogP contribution in [0, 0.1) is 5.21 Å². The highest BCUT2D eigenvalue weighted by Crippen LogP contribution is 2.03. The number of fused-ring (bicyclic) bond motifs is 1. The maximum atomic E-state index is 10.6. The molecule has 0 N–H and O–H groups in total. The van der Waals surface area contributed by atoms with Crippen LogP contribution in [-0.4, -0.2) is 15.3 Å². The van der Waals surface area contributed by atoms with Gasteiger partial charge in [-0.1, -0.05) is 4.85 Å². The van der Waals surface area contributed by atoms with Crippen LogP contribution < -0.4 is 4.85 Å². The second-order valence-corrected chi connectivity index (χ2v) is 2.08. The molecule has 0 spiro atoms. The molecule has 2 rings (SSSR count). The largest absolute Gasteiger partial charge is 0.594 e. The van der Waals surface area contributed by atoms with Crippen LogP contribution in [0.3, 0.4) is 0 Å². The van der Waals surface area contributed by atoms with Crippen LogP contribution in [0.1, 0.15) is 0 Å². The van der Waals surface area contributed by atoms with Gasteiger partial charge in [0.05, 0.1) is 17.8 Å². The summed E-state index contributed by atoms with van der Waals surface area (Å²) in [4.78, 5) is 0.490. The summed E-state index contributed by atoms with van der Waals surface area (Å²) in [6.07, 6.45) is 5.88. The Morgan fingerprint density at radius 3 is 2.64 bits per heavy atom. The van der Waals surface area contributed by atoms with Crippen LogP contribution in [0.15, 0.2) is 24.8 Å². The number of aromatic nitrogens is 4. The Balaban J connectivity index is 2.83. The predicted octanol–water partition coefficient (Wildman–Crippen LogP) is -0.342. The van der Waals surface area contributed by atoms with E-state index in [9.17, 15) is 5.21 Å². The van der Waals surface area contributed by atoms with E-state index in [0.717, 1.165) is 10.8 Å². The van der Waals surface area contributed by atoms with Crippen molar-refractivity contribution in [3.63, 3.8) is 0 Å². The molecule has 0 aliphatic heterocycles. The van der Waals surface area contributed by atoms with Gasteiger partial charge < -0.3 is 5.21 Å². The molecule has 0 atom stereocenters. The highest BCUT2D eigenvalue weighted by atomic mass is 16.5. The minimum atomic E-state index is 0.490. The molecule has 0 amide bonds. The molecule has 0 saturated carbocycles. The van der Waals surface area contributed by atoms with Gasteiger partial charge in [0, 0.05) is 10.5 Å². The average molecular weight is 148 g/mol. The number of hydrogen-bond donors (Lipinski definition) is 0. The van der Waals surface area contributed by atoms with Crippen LogP contribution >= 0.6 is 0 Å². The first-order valence-corrected chi connectivity index (χ1v) is 3.02. The van der Waals surface area contributed by atoms with Crippen molar-refractivity contribution in [2.24, 2.45) is 0 Å². The summed E-state index contributed by atoms with van der Waals surface area (Å²) >= 11 is 0. The molecule has 0 aromatic carbocycles. The van der Waals surface area contributed by atoms with Gasteiger partial charge in [0.2, 0.25) is 6.20 Å². The smallest absolute Gasteiger partial charge is 0.219 e. The third-order valence-electron chi connectivity index (χ3n) is 1.35. The quantitative estimate of drug-likeness (QED) is 0.378. The van der Waals surface area contributed by atoms with Crippen molar-refractivity contribution in [3.05, 3.63) is 30.0 Å². The lowest BCUT2D eigenvalue weighted by molar-refractivity contribution is -0.667. The minimum Gasteiger partial charge on any atom is -0.594 e. The molecule has 0 bridgehead atoms. The second kappa shape index (κ2) is 2.12. The van der Waals surface area contributed by atoms with E-state index in [2.05, 4.69) is 15.3 Å². The fraction of sp³-hybridized carbons (Fsp3) is 0. The molecular formula is C6H4N4O. The molecule has 2 aromatic heterocycles. The zero-order valence-corrected chi connectivity index (χ0v) is 5.51. The van der Waals surface area contributed by atoms with Crippen molar-refractivity contribution >= 4 is 10.8 Å². The topological polar surface area (TPSA) is 65.6 Å². The van der Waals surface area contributed by atoms with Crippen molar-refractivity contribution in [3.8, 4) is 0 Å². The lowest BCUT2D eigenvalue weighted by Crippen LogP contribution is -2.29. The average Bonchev–Trinajstić information content (AvgIpc) is 2.04. The molecule has 5 heteroatoms. The Bertz CT molecular complexity index is 389. The lowest BCUT2D eigenvalue weighted by Gasteiger charge is -1.92. The number of nitrogens with zero attached hydrogens (tertiary/aromatic N) is 4. The Kier molecular flexibility index (Phi) is 1.15. The van der Waals surface area contributed by atoms with Crippen molar-refractivity contribution in [2.75, 3.05) is 0 Å². The first-order valence-electron chi connectivity index (χ1n) is 3.02. The van der Waals surface area contributed by atoms with Crippen LogP contribution in [0.5, 0.6) is 0 Å². The van der Waals surface area contributed by atoms with E-state index in [4.69, 9.17) is 0 Å². The standard InChI is InChI=1S/C6H4N4O/c11-10-4-6-2-8-7-1-5(6)3-9-10/h1-4H.